The van der Waals surface area contributed by atoms with Crippen molar-refractivity contribution in [2.45, 2.75) is 4.90 Å². The van der Waals surface area contributed by atoms with Crippen LogP contribution in [0.5, 0.6) is 0 Å². The van der Waals surface area contributed by atoms with Gasteiger partial charge in [-0.15, -0.1) is 0 Å². The molecular weight excluding hydrogens is 339 g/mol. The zero-order valence-corrected chi connectivity index (χ0v) is 12.6. The second-order valence-electron chi connectivity index (χ2n) is 3.90. The molecule has 0 atom stereocenters. The molecule has 2 rings (SSSR count). The first-order valence-corrected chi connectivity index (χ1v) is 7.72. The number of carboxylic acid groups (broad SMARTS) is 1. The fourth-order valence-corrected chi connectivity index (χ4v) is 3.02. The van der Waals surface area contributed by atoms with Crippen molar-refractivity contribution in [1.82, 2.24) is 4.98 Å². The van der Waals surface area contributed by atoms with Gasteiger partial charge in [0.1, 0.15) is 11.0 Å². The minimum Gasteiger partial charge on any atom is -0.478 e. The topological polar surface area (TPSA) is 96.4 Å². The van der Waals surface area contributed by atoms with Gasteiger partial charge < -0.3 is 5.11 Å². The number of pyridine rings is 1. The largest absolute Gasteiger partial charge is 0.478 e. The molecule has 21 heavy (non-hydrogen) atoms. The number of carbonyl (C=O) groups is 1. The van der Waals surface area contributed by atoms with Gasteiger partial charge in [0, 0.05) is 0 Å². The SMILES string of the molecule is O=C(O)c1ccc(S(=O)(=O)Nc2cccc(Cl)n2)cc1Cl. The lowest BCUT2D eigenvalue weighted by Crippen LogP contribution is -2.14. The summed E-state index contributed by atoms with van der Waals surface area (Å²) in [6.07, 6.45) is 0. The first-order chi connectivity index (χ1) is 9.79. The van der Waals surface area contributed by atoms with E-state index in [-0.39, 0.29) is 26.5 Å². The predicted octanol–water partition coefficient (Wildman–Crippen LogP) is 2.89. The molecule has 1 aromatic carbocycles. The van der Waals surface area contributed by atoms with Crippen LogP contribution in [0.2, 0.25) is 10.2 Å². The van der Waals surface area contributed by atoms with Gasteiger partial charge in [-0.25, -0.2) is 18.2 Å². The molecule has 0 saturated heterocycles. The number of rotatable bonds is 4. The maximum Gasteiger partial charge on any atom is 0.337 e. The lowest BCUT2D eigenvalue weighted by atomic mass is 10.2. The molecule has 2 aromatic rings. The summed E-state index contributed by atoms with van der Waals surface area (Å²) in [5.41, 5.74) is -0.184. The van der Waals surface area contributed by atoms with E-state index in [2.05, 4.69) is 9.71 Å². The van der Waals surface area contributed by atoms with E-state index in [0.717, 1.165) is 18.2 Å². The summed E-state index contributed by atoms with van der Waals surface area (Å²) in [4.78, 5) is 14.5. The number of aromatic carboxylic acids is 1. The fourth-order valence-electron chi connectivity index (χ4n) is 1.50. The number of aromatic nitrogens is 1. The van der Waals surface area contributed by atoms with Crippen molar-refractivity contribution in [2.75, 3.05) is 4.72 Å². The molecular formula is C12H8Cl2N2O4S. The van der Waals surface area contributed by atoms with Gasteiger partial charge >= 0.3 is 5.97 Å². The van der Waals surface area contributed by atoms with Crippen LogP contribution in [-0.4, -0.2) is 24.5 Å². The van der Waals surface area contributed by atoms with Gasteiger partial charge in [0.25, 0.3) is 10.0 Å². The number of carboxylic acids is 1. The zero-order valence-electron chi connectivity index (χ0n) is 10.2. The summed E-state index contributed by atoms with van der Waals surface area (Å²) < 4.78 is 26.5. The molecule has 2 N–H and O–H groups in total. The Morgan fingerprint density at radius 1 is 1.19 bits per heavy atom. The van der Waals surface area contributed by atoms with E-state index in [1.165, 1.54) is 18.2 Å². The Morgan fingerprint density at radius 2 is 1.90 bits per heavy atom. The van der Waals surface area contributed by atoms with Crippen LogP contribution in [0.3, 0.4) is 0 Å². The lowest BCUT2D eigenvalue weighted by molar-refractivity contribution is 0.0697. The van der Waals surface area contributed by atoms with E-state index in [0.29, 0.717) is 0 Å². The Balaban J connectivity index is 2.36. The normalized spacial score (nSPS) is 11.1. The van der Waals surface area contributed by atoms with Crippen LogP contribution >= 0.6 is 23.2 Å². The van der Waals surface area contributed by atoms with Crippen LogP contribution in [0.4, 0.5) is 5.82 Å². The summed E-state index contributed by atoms with van der Waals surface area (Å²) in [5.74, 6) is -1.20. The highest BCUT2D eigenvalue weighted by Gasteiger charge is 2.18. The molecule has 0 amide bonds. The van der Waals surface area contributed by atoms with Crippen molar-refractivity contribution < 1.29 is 18.3 Å². The van der Waals surface area contributed by atoms with Gasteiger partial charge in [0.05, 0.1) is 15.5 Å². The molecule has 0 aliphatic carbocycles. The zero-order chi connectivity index (χ0) is 15.6. The number of nitrogens with zero attached hydrogens (tertiary/aromatic N) is 1. The van der Waals surface area contributed by atoms with Gasteiger partial charge in [0.15, 0.2) is 0 Å². The van der Waals surface area contributed by atoms with Gasteiger partial charge in [0.2, 0.25) is 0 Å². The Labute approximate surface area is 130 Å². The number of hydrogen-bond donors (Lipinski definition) is 2. The predicted molar refractivity (Wildman–Crippen MR) is 78.5 cm³/mol. The average molecular weight is 347 g/mol. The standard InChI is InChI=1S/C12H8Cl2N2O4S/c13-9-6-7(4-5-8(9)12(17)18)21(19,20)16-11-3-1-2-10(14)15-11/h1-6H,(H,15,16)(H,17,18). The highest BCUT2D eigenvalue weighted by atomic mass is 35.5. The minimum atomic E-state index is -3.94. The quantitative estimate of drug-likeness (QED) is 0.829. The number of nitrogens with one attached hydrogen (secondary N) is 1. The highest BCUT2D eigenvalue weighted by Crippen LogP contribution is 2.22. The summed E-state index contributed by atoms with van der Waals surface area (Å²) >= 11 is 11.4. The van der Waals surface area contributed by atoms with E-state index in [1.54, 1.807) is 0 Å². The molecule has 9 heteroatoms. The molecule has 0 aliphatic rings. The third-order valence-electron chi connectivity index (χ3n) is 2.44. The van der Waals surface area contributed by atoms with Crippen molar-refractivity contribution in [3.8, 4) is 0 Å². The molecule has 0 fully saturated rings. The van der Waals surface area contributed by atoms with E-state index in [4.69, 9.17) is 28.3 Å². The number of sulfonamides is 1. The fraction of sp³-hybridized carbons (Fsp3) is 0. The van der Waals surface area contributed by atoms with Crippen LogP contribution in [0.25, 0.3) is 0 Å². The van der Waals surface area contributed by atoms with Crippen molar-refractivity contribution in [3.05, 3.63) is 52.1 Å². The molecule has 0 aliphatic heterocycles. The molecule has 0 unspecified atom stereocenters. The molecule has 1 heterocycles. The number of hydrogen-bond acceptors (Lipinski definition) is 4. The first-order valence-electron chi connectivity index (χ1n) is 5.48. The molecule has 6 nitrogen and oxygen atoms in total. The average Bonchev–Trinajstić information content (AvgIpc) is 2.37. The van der Waals surface area contributed by atoms with Gasteiger partial charge in [-0.2, -0.15) is 0 Å². The van der Waals surface area contributed by atoms with Crippen LogP contribution in [0, 0.1) is 0 Å². The van der Waals surface area contributed by atoms with E-state index < -0.39 is 16.0 Å². The van der Waals surface area contributed by atoms with E-state index in [1.807, 2.05) is 0 Å². The van der Waals surface area contributed by atoms with E-state index in [9.17, 15) is 13.2 Å². The Kier molecular flexibility index (Phi) is 4.36. The maximum atomic E-state index is 12.1. The number of anilines is 1. The third-order valence-corrected chi connectivity index (χ3v) is 4.31. The smallest absolute Gasteiger partial charge is 0.337 e. The van der Waals surface area contributed by atoms with Gasteiger partial charge in [-0.3, -0.25) is 4.72 Å². The van der Waals surface area contributed by atoms with Crippen molar-refractivity contribution >= 4 is 45.0 Å². The summed E-state index contributed by atoms with van der Waals surface area (Å²) in [6, 6.07) is 7.77. The van der Waals surface area contributed by atoms with Gasteiger partial charge in [-0.05, 0) is 30.3 Å². The van der Waals surface area contributed by atoms with Crippen molar-refractivity contribution in [3.63, 3.8) is 0 Å². The van der Waals surface area contributed by atoms with Crippen molar-refractivity contribution in [2.24, 2.45) is 0 Å². The van der Waals surface area contributed by atoms with Crippen molar-refractivity contribution in [1.29, 1.82) is 0 Å². The number of halogens is 2. The molecule has 0 saturated carbocycles. The summed E-state index contributed by atoms with van der Waals surface area (Å²) in [7, 11) is -3.94. The summed E-state index contributed by atoms with van der Waals surface area (Å²) in [6.45, 7) is 0. The Bertz CT molecular complexity index is 809. The second kappa shape index (κ2) is 5.88. The number of benzene rings is 1. The van der Waals surface area contributed by atoms with Gasteiger partial charge in [-0.1, -0.05) is 29.3 Å². The Hall–Kier alpha value is -1.83. The minimum absolute atomic E-state index is 0.0425. The highest BCUT2D eigenvalue weighted by molar-refractivity contribution is 7.92. The second-order valence-corrected chi connectivity index (χ2v) is 6.37. The van der Waals surface area contributed by atoms with E-state index >= 15 is 0 Å². The van der Waals surface area contributed by atoms with Crippen LogP contribution in [-0.2, 0) is 10.0 Å². The molecule has 110 valence electrons. The summed E-state index contributed by atoms with van der Waals surface area (Å²) in [5, 5.41) is 8.81. The van der Waals surface area contributed by atoms with Crippen LogP contribution in [0.1, 0.15) is 10.4 Å². The Morgan fingerprint density at radius 3 is 2.48 bits per heavy atom. The maximum absolute atomic E-state index is 12.1. The van der Waals surface area contributed by atoms with Crippen LogP contribution in [0.15, 0.2) is 41.3 Å². The third kappa shape index (κ3) is 3.63. The van der Waals surface area contributed by atoms with Crippen LogP contribution < -0.4 is 4.72 Å². The molecule has 0 bridgehead atoms. The molecule has 1 aromatic heterocycles. The lowest BCUT2D eigenvalue weighted by Gasteiger charge is -2.08. The first kappa shape index (κ1) is 15.6. The molecule has 0 spiro atoms. The monoisotopic (exact) mass is 346 g/mol. The molecule has 0 radical (unpaired) electrons.